The van der Waals surface area contributed by atoms with Crippen LogP contribution in [0.1, 0.15) is 68.3 Å². The molecule has 1 saturated heterocycles. The van der Waals surface area contributed by atoms with E-state index in [4.69, 9.17) is 19.6 Å². The molecule has 0 amide bonds. The summed E-state index contributed by atoms with van der Waals surface area (Å²) in [6.07, 6.45) is 8.89. The van der Waals surface area contributed by atoms with Crippen molar-refractivity contribution >= 4 is 5.65 Å². The van der Waals surface area contributed by atoms with Crippen LogP contribution in [-0.2, 0) is 17.6 Å². The molecule has 0 aromatic carbocycles. The molecule has 1 aliphatic heterocycles. The molecule has 1 aliphatic carbocycles. The highest BCUT2D eigenvalue weighted by molar-refractivity contribution is 5.48. The van der Waals surface area contributed by atoms with Crippen LogP contribution >= 0.6 is 0 Å². The lowest BCUT2D eigenvalue weighted by Crippen LogP contribution is -2.15. The van der Waals surface area contributed by atoms with Gasteiger partial charge in [-0.3, -0.25) is 0 Å². The first-order valence-electron chi connectivity index (χ1n) is 9.48. The molecule has 2 aromatic heterocycles. The molecular weight excluding hydrogens is 302 g/mol. The van der Waals surface area contributed by atoms with Crippen molar-refractivity contribution in [3.63, 3.8) is 0 Å². The third kappa shape index (κ3) is 3.02. The zero-order valence-electron chi connectivity index (χ0n) is 14.6. The molecule has 5 nitrogen and oxygen atoms in total. The Hall–Kier alpha value is -1.62. The summed E-state index contributed by atoms with van der Waals surface area (Å²) in [6, 6.07) is 2.16. The number of aromatic nitrogens is 3. The number of rotatable bonds is 5. The first-order valence-corrected chi connectivity index (χ1v) is 9.48. The third-order valence-electron chi connectivity index (χ3n) is 5.22. The first-order chi connectivity index (χ1) is 11.9. The van der Waals surface area contributed by atoms with Crippen LogP contribution in [0.5, 0.6) is 5.88 Å². The average molecular weight is 329 g/mol. The summed E-state index contributed by atoms with van der Waals surface area (Å²) < 4.78 is 13.6. The highest BCUT2D eigenvalue weighted by Gasteiger charge is 2.24. The molecule has 0 N–H and O–H groups in total. The molecule has 2 aliphatic rings. The van der Waals surface area contributed by atoms with Crippen LogP contribution in [0.3, 0.4) is 0 Å². The molecular formula is C19H27N3O2. The monoisotopic (exact) mass is 329 g/mol. The van der Waals surface area contributed by atoms with E-state index in [9.17, 15) is 0 Å². The van der Waals surface area contributed by atoms with Crippen LogP contribution in [0.4, 0.5) is 0 Å². The van der Waals surface area contributed by atoms with Crippen molar-refractivity contribution in [2.75, 3.05) is 19.8 Å². The summed E-state index contributed by atoms with van der Waals surface area (Å²) >= 11 is 0. The minimum atomic E-state index is 0.487. The Morgan fingerprint density at radius 3 is 2.92 bits per heavy atom. The number of ether oxygens (including phenoxy) is 2. The Bertz CT molecular complexity index is 704. The van der Waals surface area contributed by atoms with Gasteiger partial charge in [0.15, 0.2) is 5.65 Å². The Labute approximate surface area is 143 Å². The number of hydrogen-bond acceptors (Lipinski definition) is 4. The fraction of sp³-hybridized carbons (Fsp3) is 0.684. The van der Waals surface area contributed by atoms with Crippen LogP contribution in [-0.4, -0.2) is 34.4 Å². The molecule has 1 fully saturated rings. The predicted octanol–water partition coefficient (Wildman–Crippen LogP) is 3.68. The van der Waals surface area contributed by atoms with Crippen LogP contribution in [0.25, 0.3) is 5.65 Å². The van der Waals surface area contributed by atoms with Crippen LogP contribution in [0, 0.1) is 0 Å². The highest BCUT2D eigenvalue weighted by Crippen LogP contribution is 2.32. The Morgan fingerprint density at radius 2 is 2.08 bits per heavy atom. The van der Waals surface area contributed by atoms with Crippen molar-refractivity contribution in [3.8, 4) is 5.88 Å². The SMILES string of the molecule is CCCCOc1c2c(nc3cc(C4CCOCC4)nn13)CCCC2. The summed E-state index contributed by atoms with van der Waals surface area (Å²) in [6.45, 7) is 4.62. The summed E-state index contributed by atoms with van der Waals surface area (Å²) in [5.74, 6) is 1.43. The Balaban J connectivity index is 1.74. The van der Waals surface area contributed by atoms with Crippen molar-refractivity contribution in [1.82, 2.24) is 14.6 Å². The minimum Gasteiger partial charge on any atom is -0.477 e. The van der Waals surface area contributed by atoms with Crippen LogP contribution < -0.4 is 4.74 Å². The van der Waals surface area contributed by atoms with E-state index in [1.54, 1.807) is 0 Å². The maximum atomic E-state index is 6.19. The molecule has 0 spiro atoms. The second kappa shape index (κ2) is 7.09. The molecule has 0 radical (unpaired) electrons. The normalized spacial score (nSPS) is 18.7. The van der Waals surface area contributed by atoms with Gasteiger partial charge in [-0.25, -0.2) is 4.98 Å². The van der Waals surface area contributed by atoms with Crippen molar-refractivity contribution in [1.29, 1.82) is 0 Å². The van der Waals surface area contributed by atoms with E-state index >= 15 is 0 Å². The van der Waals surface area contributed by atoms with E-state index in [1.165, 1.54) is 24.1 Å². The molecule has 3 heterocycles. The fourth-order valence-corrected chi connectivity index (χ4v) is 3.78. The summed E-state index contributed by atoms with van der Waals surface area (Å²) in [4.78, 5) is 4.91. The lowest BCUT2D eigenvalue weighted by atomic mass is 9.96. The van der Waals surface area contributed by atoms with E-state index in [2.05, 4.69) is 13.0 Å². The molecule has 0 unspecified atom stereocenters. The summed E-state index contributed by atoms with van der Waals surface area (Å²) in [7, 11) is 0. The van der Waals surface area contributed by atoms with Crippen LogP contribution in [0.15, 0.2) is 6.07 Å². The van der Waals surface area contributed by atoms with Gasteiger partial charge < -0.3 is 9.47 Å². The molecule has 130 valence electrons. The zero-order chi connectivity index (χ0) is 16.4. The van der Waals surface area contributed by atoms with E-state index in [1.807, 2.05) is 4.52 Å². The Morgan fingerprint density at radius 1 is 1.25 bits per heavy atom. The second-order valence-corrected chi connectivity index (χ2v) is 6.98. The van der Waals surface area contributed by atoms with Crippen molar-refractivity contribution in [2.45, 2.75) is 64.2 Å². The van der Waals surface area contributed by atoms with Crippen molar-refractivity contribution < 1.29 is 9.47 Å². The largest absolute Gasteiger partial charge is 0.477 e. The van der Waals surface area contributed by atoms with E-state index in [-0.39, 0.29) is 0 Å². The zero-order valence-corrected chi connectivity index (χ0v) is 14.6. The molecule has 24 heavy (non-hydrogen) atoms. The number of unbranched alkanes of at least 4 members (excludes halogenated alkanes) is 1. The third-order valence-corrected chi connectivity index (χ3v) is 5.22. The van der Waals surface area contributed by atoms with Gasteiger partial charge >= 0.3 is 0 Å². The molecule has 2 aromatic rings. The number of fused-ring (bicyclic) bond motifs is 2. The predicted molar refractivity (Wildman–Crippen MR) is 92.8 cm³/mol. The maximum absolute atomic E-state index is 6.19. The minimum absolute atomic E-state index is 0.487. The first kappa shape index (κ1) is 15.9. The van der Waals surface area contributed by atoms with Gasteiger partial charge in [0.1, 0.15) is 0 Å². The number of nitrogens with zero attached hydrogens (tertiary/aromatic N) is 3. The number of aryl methyl sites for hydroxylation is 1. The molecule has 4 rings (SSSR count). The fourth-order valence-electron chi connectivity index (χ4n) is 3.78. The quantitative estimate of drug-likeness (QED) is 0.785. The molecule has 0 atom stereocenters. The van der Waals surface area contributed by atoms with Gasteiger partial charge in [-0.15, -0.1) is 0 Å². The molecule has 0 saturated carbocycles. The summed E-state index contributed by atoms with van der Waals surface area (Å²) in [5.41, 5.74) is 4.60. The summed E-state index contributed by atoms with van der Waals surface area (Å²) in [5, 5.41) is 4.90. The van der Waals surface area contributed by atoms with Gasteiger partial charge in [0.25, 0.3) is 0 Å². The average Bonchev–Trinajstić information content (AvgIpc) is 3.06. The van der Waals surface area contributed by atoms with Crippen molar-refractivity contribution in [3.05, 3.63) is 23.0 Å². The van der Waals surface area contributed by atoms with Gasteiger partial charge in [0, 0.05) is 30.8 Å². The lowest BCUT2D eigenvalue weighted by molar-refractivity contribution is 0.0844. The number of hydrogen-bond donors (Lipinski definition) is 0. The Kier molecular flexibility index (Phi) is 4.69. The van der Waals surface area contributed by atoms with E-state index in [0.717, 1.165) is 75.6 Å². The van der Waals surface area contributed by atoms with Crippen molar-refractivity contribution in [2.24, 2.45) is 0 Å². The van der Waals surface area contributed by atoms with Gasteiger partial charge in [-0.2, -0.15) is 9.61 Å². The maximum Gasteiger partial charge on any atom is 0.221 e. The lowest BCUT2D eigenvalue weighted by Gasteiger charge is -2.20. The van der Waals surface area contributed by atoms with E-state index in [0.29, 0.717) is 5.92 Å². The standard InChI is InChI=1S/C19H27N3O2/c1-2-3-10-24-19-15-6-4-5-7-16(15)20-18-13-17(21-22(18)19)14-8-11-23-12-9-14/h13-14H,2-12H2,1H3. The molecule has 0 bridgehead atoms. The smallest absolute Gasteiger partial charge is 0.221 e. The van der Waals surface area contributed by atoms with E-state index < -0.39 is 0 Å². The van der Waals surface area contributed by atoms with Gasteiger partial charge in [-0.05, 0) is 44.9 Å². The second-order valence-electron chi connectivity index (χ2n) is 6.98. The molecule has 5 heteroatoms. The van der Waals surface area contributed by atoms with Gasteiger partial charge in [0.2, 0.25) is 5.88 Å². The topological polar surface area (TPSA) is 48.7 Å². The highest BCUT2D eigenvalue weighted by atomic mass is 16.5. The van der Waals surface area contributed by atoms with Gasteiger partial charge in [0.05, 0.1) is 18.0 Å². The van der Waals surface area contributed by atoms with Crippen LogP contribution in [0.2, 0.25) is 0 Å². The van der Waals surface area contributed by atoms with Gasteiger partial charge in [-0.1, -0.05) is 13.3 Å².